The van der Waals surface area contributed by atoms with Gasteiger partial charge in [0.25, 0.3) is 0 Å². The van der Waals surface area contributed by atoms with E-state index in [1.54, 1.807) is 0 Å². The number of hydrogen-bond acceptors (Lipinski definition) is 2. The summed E-state index contributed by atoms with van der Waals surface area (Å²) in [4.78, 5) is 0. The zero-order chi connectivity index (χ0) is 15.5. The van der Waals surface area contributed by atoms with E-state index in [1.807, 2.05) is 24.3 Å². The number of halogens is 1. The van der Waals surface area contributed by atoms with Gasteiger partial charge in [-0.05, 0) is 49.3 Å². The highest BCUT2D eigenvalue weighted by molar-refractivity contribution is 6.32. The predicted octanol–water partition coefficient (Wildman–Crippen LogP) is 4.91. The van der Waals surface area contributed by atoms with E-state index in [2.05, 4.69) is 33.0 Å². The average Bonchev–Trinajstić information content (AvgIpc) is 2.42. The zero-order valence-corrected chi connectivity index (χ0v) is 14.4. The van der Waals surface area contributed by atoms with Crippen LogP contribution in [-0.4, -0.2) is 18.7 Å². The van der Waals surface area contributed by atoms with Crippen LogP contribution in [0.2, 0.25) is 5.02 Å². The third kappa shape index (κ3) is 4.37. The van der Waals surface area contributed by atoms with Gasteiger partial charge < -0.3 is 10.1 Å². The summed E-state index contributed by atoms with van der Waals surface area (Å²) in [5, 5.41) is 4.28. The molecule has 0 aromatic heterocycles. The van der Waals surface area contributed by atoms with E-state index in [0.29, 0.717) is 22.4 Å². The Morgan fingerprint density at radius 2 is 1.95 bits per heavy atom. The largest absolute Gasteiger partial charge is 0.487 e. The van der Waals surface area contributed by atoms with Crippen LogP contribution < -0.4 is 10.1 Å². The van der Waals surface area contributed by atoms with E-state index in [0.717, 1.165) is 18.7 Å². The van der Waals surface area contributed by atoms with E-state index in [4.69, 9.17) is 16.3 Å². The van der Waals surface area contributed by atoms with Crippen LogP contribution in [0.15, 0.2) is 24.3 Å². The molecule has 2 rings (SSSR count). The van der Waals surface area contributed by atoms with Crippen molar-refractivity contribution in [2.45, 2.75) is 59.1 Å². The maximum Gasteiger partial charge on any atom is 0.138 e. The van der Waals surface area contributed by atoms with Crippen molar-refractivity contribution in [3.05, 3.63) is 29.3 Å². The van der Waals surface area contributed by atoms with Crippen LogP contribution in [0.5, 0.6) is 5.75 Å². The van der Waals surface area contributed by atoms with E-state index >= 15 is 0 Å². The van der Waals surface area contributed by atoms with Gasteiger partial charge in [0.2, 0.25) is 0 Å². The number of hydrogen-bond donors (Lipinski definition) is 1. The minimum atomic E-state index is 0.197. The van der Waals surface area contributed by atoms with Crippen molar-refractivity contribution < 1.29 is 4.74 Å². The normalized spacial score (nSPS) is 26.6. The molecule has 1 aromatic carbocycles. The molecule has 1 aliphatic carbocycles. The van der Waals surface area contributed by atoms with E-state index in [1.165, 1.54) is 12.8 Å². The predicted molar refractivity (Wildman–Crippen MR) is 90.1 cm³/mol. The summed E-state index contributed by atoms with van der Waals surface area (Å²) in [6.07, 6.45) is 3.73. The highest BCUT2D eigenvalue weighted by Crippen LogP contribution is 2.39. The molecule has 0 aliphatic heterocycles. The Bertz CT molecular complexity index is 455. The third-order valence-electron chi connectivity index (χ3n) is 4.60. The van der Waals surface area contributed by atoms with Gasteiger partial charge >= 0.3 is 0 Å². The lowest BCUT2D eigenvalue weighted by molar-refractivity contribution is 0.0477. The fourth-order valence-corrected chi connectivity index (χ4v) is 3.43. The standard InChI is InChI=1S/C18H28ClNO/c1-5-20-15-11-10-13(18(2,3)4)12-17(15)21-16-9-7-6-8-14(16)19/h6-9,13,15,17,20H,5,10-12H2,1-4H3. The second kappa shape index (κ2) is 7.02. The summed E-state index contributed by atoms with van der Waals surface area (Å²) < 4.78 is 6.28. The highest BCUT2D eigenvalue weighted by atomic mass is 35.5. The van der Waals surface area contributed by atoms with E-state index in [-0.39, 0.29) is 6.10 Å². The minimum Gasteiger partial charge on any atom is -0.487 e. The lowest BCUT2D eigenvalue weighted by Gasteiger charge is -2.42. The summed E-state index contributed by atoms with van der Waals surface area (Å²) in [6.45, 7) is 10.1. The Morgan fingerprint density at radius 1 is 1.24 bits per heavy atom. The van der Waals surface area contributed by atoms with E-state index < -0.39 is 0 Å². The molecule has 1 aliphatic rings. The van der Waals surface area contributed by atoms with Crippen molar-refractivity contribution >= 4 is 11.6 Å². The van der Waals surface area contributed by atoms with Gasteiger partial charge in [0.15, 0.2) is 0 Å². The smallest absolute Gasteiger partial charge is 0.138 e. The first-order chi connectivity index (χ1) is 9.91. The lowest BCUT2D eigenvalue weighted by atomic mass is 9.70. The van der Waals surface area contributed by atoms with Gasteiger partial charge in [-0.2, -0.15) is 0 Å². The average molecular weight is 310 g/mol. The monoisotopic (exact) mass is 309 g/mol. The number of para-hydroxylation sites is 1. The number of nitrogens with one attached hydrogen (secondary N) is 1. The second-order valence-corrected chi connectivity index (χ2v) is 7.53. The molecule has 1 N–H and O–H groups in total. The Hall–Kier alpha value is -0.730. The molecule has 1 saturated carbocycles. The van der Waals surface area contributed by atoms with Crippen LogP contribution in [0.4, 0.5) is 0 Å². The van der Waals surface area contributed by atoms with Gasteiger partial charge in [-0.3, -0.25) is 0 Å². The molecule has 118 valence electrons. The molecule has 3 atom stereocenters. The molecule has 0 saturated heterocycles. The Balaban J connectivity index is 2.12. The molecule has 0 radical (unpaired) electrons. The zero-order valence-electron chi connectivity index (χ0n) is 13.7. The maximum atomic E-state index is 6.28. The summed E-state index contributed by atoms with van der Waals surface area (Å²) in [7, 11) is 0. The maximum absolute atomic E-state index is 6.28. The molecular weight excluding hydrogens is 282 g/mol. The van der Waals surface area contributed by atoms with Crippen molar-refractivity contribution in [1.29, 1.82) is 0 Å². The molecule has 1 fully saturated rings. The first-order valence-electron chi connectivity index (χ1n) is 8.06. The first-order valence-corrected chi connectivity index (χ1v) is 8.44. The number of ether oxygens (including phenoxy) is 1. The van der Waals surface area contributed by atoms with Crippen LogP contribution in [0.25, 0.3) is 0 Å². The molecule has 0 amide bonds. The highest BCUT2D eigenvalue weighted by Gasteiger charge is 2.36. The second-order valence-electron chi connectivity index (χ2n) is 7.13. The minimum absolute atomic E-state index is 0.197. The summed E-state index contributed by atoms with van der Waals surface area (Å²) in [6, 6.07) is 8.20. The van der Waals surface area contributed by atoms with Crippen LogP contribution in [-0.2, 0) is 0 Å². The number of benzene rings is 1. The molecule has 1 aromatic rings. The van der Waals surface area contributed by atoms with Gasteiger partial charge in [0, 0.05) is 6.04 Å². The molecule has 3 heteroatoms. The Labute approximate surface area is 134 Å². The van der Waals surface area contributed by atoms with E-state index in [9.17, 15) is 0 Å². The summed E-state index contributed by atoms with van der Waals surface area (Å²) >= 11 is 6.25. The van der Waals surface area contributed by atoms with Crippen LogP contribution in [0.1, 0.15) is 47.0 Å². The molecule has 0 bridgehead atoms. The lowest BCUT2D eigenvalue weighted by Crippen LogP contribution is -2.48. The van der Waals surface area contributed by atoms with Gasteiger partial charge in [-0.15, -0.1) is 0 Å². The van der Waals surface area contributed by atoms with Crippen LogP contribution in [0, 0.1) is 11.3 Å². The van der Waals surface area contributed by atoms with Gasteiger partial charge in [0.05, 0.1) is 5.02 Å². The Kier molecular flexibility index (Phi) is 5.56. The van der Waals surface area contributed by atoms with Crippen LogP contribution >= 0.6 is 11.6 Å². The first kappa shape index (κ1) is 16.6. The molecule has 2 nitrogen and oxygen atoms in total. The van der Waals surface area contributed by atoms with Crippen molar-refractivity contribution in [1.82, 2.24) is 5.32 Å². The number of likely N-dealkylation sites (N-methyl/N-ethyl adjacent to an activating group) is 1. The molecule has 0 heterocycles. The third-order valence-corrected chi connectivity index (χ3v) is 4.91. The van der Waals surface area contributed by atoms with Gasteiger partial charge in [-0.25, -0.2) is 0 Å². The van der Waals surface area contributed by atoms with Crippen molar-refractivity contribution in [3.8, 4) is 5.75 Å². The summed E-state index contributed by atoms with van der Waals surface area (Å²) in [5.74, 6) is 1.50. The van der Waals surface area contributed by atoms with Crippen molar-refractivity contribution in [3.63, 3.8) is 0 Å². The molecular formula is C18H28ClNO. The fraction of sp³-hybridized carbons (Fsp3) is 0.667. The fourth-order valence-electron chi connectivity index (χ4n) is 3.25. The van der Waals surface area contributed by atoms with Crippen LogP contribution in [0.3, 0.4) is 0 Å². The molecule has 3 unspecified atom stereocenters. The Morgan fingerprint density at radius 3 is 2.57 bits per heavy atom. The quantitative estimate of drug-likeness (QED) is 0.853. The SMILES string of the molecule is CCNC1CCC(C(C)(C)C)CC1Oc1ccccc1Cl. The van der Waals surface area contributed by atoms with Gasteiger partial charge in [0.1, 0.15) is 11.9 Å². The molecule has 0 spiro atoms. The van der Waals surface area contributed by atoms with Gasteiger partial charge in [-0.1, -0.05) is 51.4 Å². The van der Waals surface area contributed by atoms with Crippen molar-refractivity contribution in [2.75, 3.05) is 6.54 Å². The number of rotatable bonds is 4. The molecule has 21 heavy (non-hydrogen) atoms. The van der Waals surface area contributed by atoms with Crippen molar-refractivity contribution in [2.24, 2.45) is 11.3 Å². The summed E-state index contributed by atoms with van der Waals surface area (Å²) in [5.41, 5.74) is 0.333. The topological polar surface area (TPSA) is 21.3 Å².